The van der Waals surface area contributed by atoms with Crippen molar-refractivity contribution in [2.24, 2.45) is 0 Å². The number of nitrogens with zero attached hydrogens (tertiary/aromatic N) is 2. The minimum absolute atomic E-state index is 0.722. The molecule has 0 amide bonds. The van der Waals surface area contributed by atoms with Crippen LogP contribution in [-0.4, -0.2) is 16.5 Å². The van der Waals surface area contributed by atoms with Gasteiger partial charge in [-0.05, 0) is 25.5 Å². The van der Waals surface area contributed by atoms with Crippen molar-refractivity contribution < 1.29 is 0 Å². The number of rotatable bonds is 7. The van der Waals surface area contributed by atoms with Gasteiger partial charge in [-0.2, -0.15) is 0 Å². The second-order valence-electron chi connectivity index (χ2n) is 4.66. The zero-order chi connectivity index (χ0) is 15.1. The van der Waals surface area contributed by atoms with Crippen molar-refractivity contribution in [3.05, 3.63) is 46.9 Å². The molecular formula is C16H20ClN3S. The number of aryl methyl sites for hydroxylation is 1. The summed E-state index contributed by atoms with van der Waals surface area (Å²) >= 11 is 7.85. The maximum absolute atomic E-state index is 6.18. The summed E-state index contributed by atoms with van der Waals surface area (Å²) < 4.78 is 0. The van der Waals surface area contributed by atoms with Gasteiger partial charge in [-0.3, -0.25) is 0 Å². The number of hydrogen-bond donors (Lipinski definition) is 1. The fourth-order valence-electron chi connectivity index (χ4n) is 1.98. The molecule has 0 spiro atoms. The van der Waals surface area contributed by atoms with Crippen molar-refractivity contribution in [1.82, 2.24) is 9.97 Å². The molecule has 3 nitrogen and oxygen atoms in total. The van der Waals surface area contributed by atoms with Gasteiger partial charge in [0.15, 0.2) is 0 Å². The minimum Gasteiger partial charge on any atom is -0.370 e. The SMILES string of the molecule is CCCc1cc(NCC)nc(CSc2ccccc2Cl)n1. The van der Waals surface area contributed by atoms with E-state index in [-0.39, 0.29) is 0 Å². The lowest BCUT2D eigenvalue weighted by Gasteiger charge is -2.09. The number of halogens is 1. The molecule has 0 unspecified atom stereocenters. The fraction of sp³-hybridized carbons (Fsp3) is 0.375. The summed E-state index contributed by atoms with van der Waals surface area (Å²) in [6.45, 7) is 5.09. The zero-order valence-corrected chi connectivity index (χ0v) is 14.0. The highest BCUT2D eigenvalue weighted by Crippen LogP contribution is 2.28. The van der Waals surface area contributed by atoms with Gasteiger partial charge in [0.05, 0.1) is 10.8 Å². The van der Waals surface area contributed by atoms with E-state index in [1.165, 1.54) is 0 Å². The number of hydrogen-bond acceptors (Lipinski definition) is 4. The normalized spacial score (nSPS) is 10.6. The van der Waals surface area contributed by atoms with Gasteiger partial charge < -0.3 is 5.32 Å². The number of thioether (sulfide) groups is 1. The molecule has 1 aromatic heterocycles. The minimum atomic E-state index is 0.722. The van der Waals surface area contributed by atoms with E-state index in [9.17, 15) is 0 Å². The molecule has 1 aromatic carbocycles. The highest BCUT2D eigenvalue weighted by Gasteiger charge is 2.06. The topological polar surface area (TPSA) is 37.8 Å². The molecule has 0 bridgehead atoms. The zero-order valence-electron chi connectivity index (χ0n) is 12.4. The molecule has 0 aliphatic carbocycles. The molecule has 0 saturated carbocycles. The maximum Gasteiger partial charge on any atom is 0.141 e. The molecule has 112 valence electrons. The molecule has 2 aromatic rings. The van der Waals surface area contributed by atoms with E-state index < -0.39 is 0 Å². The molecule has 5 heteroatoms. The highest BCUT2D eigenvalue weighted by atomic mass is 35.5. The summed E-state index contributed by atoms with van der Waals surface area (Å²) in [6, 6.07) is 9.90. The fourth-order valence-corrected chi connectivity index (χ4v) is 3.07. The standard InChI is InChI=1S/C16H20ClN3S/c1-3-7-12-10-15(18-4-2)20-16(19-12)11-21-14-9-6-5-8-13(14)17/h5-6,8-10H,3-4,7,11H2,1-2H3,(H,18,19,20). The van der Waals surface area contributed by atoms with E-state index >= 15 is 0 Å². The van der Waals surface area contributed by atoms with Gasteiger partial charge in [-0.25, -0.2) is 9.97 Å². The van der Waals surface area contributed by atoms with Crippen LogP contribution in [0.5, 0.6) is 0 Å². The molecule has 1 N–H and O–H groups in total. The Balaban J connectivity index is 2.13. The van der Waals surface area contributed by atoms with Crippen molar-refractivity contribution in [3.63, 3.8) is 0 Å². The van der Waals surface area contributed by atoms with E-state index in [1.54, 1.807) is 11.8 Å². The summed E-state index contributed by atoms with van der Waals surface area (Å²) in [7, 11) is 0. The molecular weight excluding hydrogens is 302 g/mol. The quantitative estimate of drug-likeness (QED) is 0.743. The summed E-state index contributed by atoms with van der Waals surface area (Å²) in [5.41, 5.74) is 1.10. The van der Waals surface area contributed by atoms with Crippen molar-refractivity contribution in [1.29, 1.82) is 0 Å². The van der Waals surface area contributed by atoms with Gasteiger partial charge in [-0.15, -0.1) is 11.8 Å². The van der Waals surface area contributed by atoms with Crippen molar-refractivity contribution >= 4 is 29.2 Å². The van der Waals surface area contributed by atoms with Gasteiger partial charge in [0.25, 0.3) is 0 Å². The van der Waals surface area contributed by atoms with Crippen LogP contribution in [0.25, 0.3) is 0 Å². The molecule has 0 aliphatic heterocycles. The van der Waals surface area contributed by atoms with Crippen LogP contribution in [0.1, 0.15) is 31.8 Å². The Bertz CT molecular complexity index is 565. The number of anilines is 1. The number of aromatic nitrogens is 2. The lowest BCUT2D eigenvalue weighted by atomic mass is 10.2. The van der Waals surface area contributed by atoms with Crippen LogP contribution in [0, 0.1) is 0 Å². The average Bonchev–Trinajstić information content (AvgIpc) is 2.47. The Kier molecular flexibility index (Phi) is 6.33. The van der Waals surface area contributed by atoms with Gasteiger partial charge in [-0.1, -0.05) is 37.1 Å². The molecule has 0 aliphatic rings. The highest BCUT2D eigenvalue weighted by molar-refractivity contribution is 7.98. The van der Waals surface area contributed by atoms with Crippen LogP contribution in [0.4, 0.5) is 5.82 Å². The first kappa shape index (κ1) is 16.1. The molecule has 2 rings (SSSR count). The van der Waals surface area contributed by atoms with Crippen molar-refractivity contribution in [2.45, 2.75) is 37.3 Å². The van der Waals surface area contributed by atoms with Crippen LogP contribution >= 0.6 is 23.4 Å². The van der Waals surface area contributed by atoms with E-state index in [1.807, 2.05) is 30.3 Å². The first-order chi connectivity index (χ1) is 10.2. The Morgan fingerprint density at radius 1 is 1.19 bits per heavy atom. The summed E-state index contributed by atoms with van der Waals surface area (Å²) in [5.74, 6) is 2.48. The smallest absolute Gasteiger partial charge is 0.141 e. The third-order valence-electron chi connectivity index (χ3n) is 2.88. The molecule has 0 fully saturated rings. The lowest BCUT2D eigenvalue weighted by molar-refractivity contribution is 0.853. The van der Waals surface area contributed by atoms with Crippen LogP contribution in [-0.2, 0) is 12.2 Å². The second kappa shape index (κ2) is 8.25. The predicted molar refractivity (Wildman–Crippen MR) is 91.2 cm³/mol. The van der Waals surface area contributed by atoms with E-state index in [0.29, 0.717) is 0 Å². The summed E-state index contributed by atoms with van der Waals surface area (Å²) in [6.07, 6.45) is 2.06. The maximum atomic E-state index is 6.18. The Morgan fingerprint density at radius 3 is 2.71 bits per heavy atom. The van der Waals surface area contributed by atoms with Crippen LogP contribution in [0.2, 0.25) is 5.02 Å². The largest absolute Gasteiger partial charge is 0.370 e. The van der Waals surface area contributed by atoms with Crippen LogP contribution < -0.4 is 5.32 Å². The van der Waals surface area contributed by atoms with Crippen molar-refractivity contribution in [3.8, 4) is 0 Å². The van der Waals surface area contributed by atoms with Gasteiger partial charge in [0.1, 0.15) is 11.6 Å². The monoisotopic (exact) mass is 321 g/mol. The molecule has 21 heavy (non-hydrogen) atoms. The van der Waals surface area contributed by atoms with E-state index in [4.69, 9.17) is 11.6 Å². The lowest BCUT2D eigenvalue weighted by Crippen LogP contribution is -2.05. The Morgan fingerprint density at radius 2 is 2.00 bits per heavy atom. The molecule has 0 atom stereocenters. The van der Waals surface area contributed by atoms with Gasteiger partial charge >= 0.3 is 0 Å². The third-order valence-corrected chi connectivity index (χ3v) is 4.39. The van der Waals surface area contributed by atoms with Crippen molar-refractivity contribution in [2.75, 3.05) is 11.9 Å². The molecule has 1 heterocycles. The first-order valence-corrected chi connectivity index (χ1v) is 8.57. The Labute approximate surface area is 135 Å². The average molecular weight is 322 g/mol. The molecule has 0 radical (unpaired) electrons. The van der Waals surface area contributed by atoms with Gasteiger partial charge in [0.2, 0.25) is 0 Å². The third kappa shape index (κ3) is 4.90. The first-order valence-electron chi connectivity index (χ1n) is 7.21. The van der Waals surface area contributed by atoms with Crippen LogP contribution in [0.15, 0.2) is 35.2 Å². The Hall–Kier alpha value is -1.26. The summed E-state index contributed by atoms with van der Waals surface area (Å²) in [4.78, 5) is 10.3. The molecule has 0 saturated heterocycles. The van der Waals surface area contributed by atoms with Gasteiger partial charge in [0, 0.05) is 23.2 Å². The summed E-state index contributed by atoms with van der Waals surface area (Å²) in [5, 5.41) is 4.05. The number of benzene rings is 1. The van der Waals surface area contributed by atoms with E-state index in [2.05, 4.69) is 29.1 Å². The van der Waals surface area contributed by atoms with E-state index in [0.717, 1.165) is 52.4 Å². The second-order valence-corrected chi connectivity index (χ2v) is 6.08. The predicted octanol–water partition coefficient (Wildman–Crippen LogP) is 4.81. The number of nitrogens with one attached hydrogen (secondary N) is 1. The van der Waals surface area contributed by atoms with Crippen LogP contribution in [0.3, 0.4) is 0 Å².